The van der Waals surface area contributed by atoms with Crippen LogP contribution in [0.3, 0.4) is 0 Å². The molecule has 0 saturated carbocycles. The van der Waals surface area contributed by atoms with Crippen LogP contribution in [0.5, 0.6) is 0 Å². The molecule has 11 heavy (non-hydrogen) atoms. The maximum atomic E-state index is 10.3. The molecule has 0 unspecified atom stereocenters. The summed E-state index contributed by atoms with van der Waals surface area (Å²) in [4.78, 5) is 20.2. The van der Waals surface area contributed by atoms with Crippen LogP contribution in [0.15, 0.2) is 0 Å². The van der Waals surface area contributed by atoms with E-state index in [9.17, 15) is 9.59 Å². The average Bonchev–Trinajstić information content (AvgIpc) is 1.85. The first-order valence-electron chi connectivity index (χ1n) is 3.30. The highest BCUT2D eigenvalue weighted by Gasteiger charge is 1.94. The minimum Gasteiger partial charge on any atom is -0.480 e. The van der Waals surface area contributed by atoms with Crippen molar-refractivity contribution in [1.29, 1.82) is 0 Å². The molecule has 64 valence electrons. The molecule has 0 aromatic carbocycles. The second-order valence-corrected chi connectivity index (χ2v) is 2.05. The predicted octanol–water partition coefficient (Wildman–Crippen LogP) is -1.20. The lowest BCUT2D eigenvalue weighted by molar-refractivity contribution is -0.135. The number of nitrogens with one attached hydrogen (secondary N) is 2. The standard InChI is InChI=1S/C6H12N2O3/c1-5(9)8-3-2-7-4-6(10)11/h7H,2-4H2,1H3,(H,8,9)(H,10,11). The van der Waals surface area contributed by atoms with Crippen LogP contribution in [-0.2, 0) is 9.59 Å². The molecule has 1 amide bonds. The van der Waals surface area contributed by atoms with Gasteiger partial charge in [0.2, 0.25) is 5.91 Å². The van der Waals surface area contributed by atoms with Crippen LogP contribution < -0.4 is 10.6 Å². The lowest BCUT2D eigenvalue weighted by Crippen LogP contribution is -2.32. The lowest BCUT2D eigenvalue weighted by atomic mass is 10.5. The summed E-state index contributed by atoms with van der Waals surface area (Å²) in [6, 6.07) is 0. The minimum absolute atomic E-state index is 0.0699. The van der Waals surface area contributed by atoms with Gasteiger partial charge in [-0.3, -0.25) is 9.59 Å². The molecule has 0 aromatic rings. The molecule has 0 atom stereocenters. The van der Waals surface area contributed by atoms with Gasteiger partial charge in [0.05, 0.1) is 6.54 Å². The Balaban J connectivity index is 3.03. The summed E-state index contributed by atoms with van der Waals surface area (Å²) in [5, 5.41) is 13.3. The Hall–Kier alpha value is -1.10. The van der Waals surface area contributed by atoms with E-state index in [-0.39, 0.29) is 12.5 Å². The van der Waals surface area contributed by atoms with Gasteiger partial charge >= 0.3 is 5.97 Å². The Morgan fingerprint density at radius 1 is 1.36 bits per heavy atom. The van der Waals surface area contributed by atoms with Gasteiger partial charge in [-0.25, -0.2) is 0 Å². The summed E-state index contributed by atoms with van der Waals surface area (Å²) in [6.07, 6.45) is 0. The Bertz CT molecular complexity index is 131. The number of hydrogen-bond donors (Lipinski definition) is 3. The summed E-state index contributed by atoms with van der Waals surface area (Å²) in [6.45, 7) is 2.28. The lowest BCUT2D eigenvalue weighted by Gasteiger charge is -2.01. The normalized spacial score (nSPS) is 9.18. The molecule has 0 saturated heterocycles. The van der Waals surface area contributed by atoms with Crippen molar-refractivity contribution in [2.24, 2.45) is 0 Å². The maximum Gasteiger partial charge on any atom is 0.317 e. The first-order chi connectivity index (χ1) is 5.13. The molecule has 0 aliphatic carbocycles. The van der Waals surface area contributed by atoms with Gasteiger partial charge in [-0.15, -0.1) is 0 Å². The molecule has 0 fully saturated rings. The van der Waals surface area contributed by atoms with Crippen molar-refractivity contribution in [3.8, 4) is 0 Å². The molecule has 0 spiro atoms. The number of carboxylic acids is 1. The highest BCUT2D eigenvalue weighted by Crippen LogP contribution is 1.62. The van der Waals surface area contributed by atoms with Crippen LogP contribution in [0, 0.1) is 0 Å². The van der Waals surface area contributed by atoms with Crippen LogP contribution in [-0.4, -0.2) is 36.6 Å². The Labute approximate surface area is 64.8 Å². The molecular formula is C6H12N2O3. The average molecular weight is 160 g/mol. The molecule has 0 heterocycles. The molecule has 5 heteroatoms. The highest BCUT2D eigenvalue weighted by molar-refractivity contribution is 5.72. The van der Waals surface area contributed by atoms with E-state index in [1.165, 1.54) is 6.92 Å². The monoisotopic (exact) mass is 160 g/mol. The van der Waals surface area contributed by atoms with E-state index >= 15 is 0 Å². The van der Waals surface area contributed by atoms with Crippen molar-refractivity contribution < 1.29 is 14.7 Å². The van der Waals surface area contributed by atoms with Gasteiger partial charge in [-0.1, -0.05) is 0 Å². The maximum absolute atomic E-state index is 10.3. The number of carboxylic acid groups (broad SMARTS) is 1. The Kier molecular flexibility index (Phi) is 5.10. The zero-order valence-electron chi connectivity index (χ0n) is 6.39. The van der Waals surface area contributed by atoms with E-state index in [1.54, 1.807) is 0 Å². The molecule has 5 nitrogen and oxygen atoms in total. The smallest absolute Gasteiger partial charge is 0.317 e. The van der Waals surface area contributed by atoms with Gasteiger partial charge in [0, 0.05) is 20.0 Å². The van der Waals surface area contributed by atoms with E-state index in [4.69, 9.17) is 5.11 Å². The topological polar surface area (TPSA) is 78.4 Å². The second kappa shape index (κ2) is 5.67. The summed E-state index contributed by atoms with van der Waals surface area (Å²) in [5.41, 5.74) is 0. The van der Waals surface area contributed by atoms with Crippen LogP contribution in [0.1, 0.15) is 6.92 Å². The van der Waals surface area contributed by atoms with Gasteiger partial charge in [0.15, 0.2) is 0 Å². The molecule has 0 radical (unpaired) electrons. The number of aliphatic carboxylic acids is 1. The highest BCUT2D eigenvalue weighted by atomic mass is 16.4. The van der Waals surface area contributed by atoms with E-state index in [2.05, 4.69) is 10.6 Å². The zero-order chi connectivity index (χ0) is 8.69. The van der Waals surface area contributed by atoms with Gasteiger partial charge in [-0.2, -0.15) is 0 Å². The predicted molar refractivity (Wildman–Crippen MR) is 39.2 cm³/mol. The Morgan fingerprint density at radius 2 is 2.00 bits per heavy atom. The fourth-order valence-corrected chi connectivity index (χ4v) is 0.522. The zero-order valence-corrected chi connectivity index (χ0v) is 6.39. The molecule has 0 aliphatic rings. The van der Waals surface area contributed by atoms with Gasteiger partial charge in [-0.05, 0) is 0 Å². The largest absolute Gasteiger partial charge is 0.480 e. The summed E-state index contributed by atoms with van der Waals surface area (Å²) < 4.78 is 0. The van der Waals surface area contributed by atoms with Crippen LogP contribution in [0.2, 0.25) is 0 Å². The van der Waals surface area contributed by atoms with Crippen molar-refractivity contribution in [3.63, 3.8) is 0 Å². The summed E-state index contributed by atoms with van der Waals surface area (Å²) in [5.74, 6) is -1.00. The number of rotatable bonds is 5. The van der Waals surface area contributed by atoms with E-state index in [0.29, 0.717) is 13.1 Å². The van der Waals surface area contributed by atoms with Crippen molar-refractivity contribution in [2.75, 3.05) is 19.6 Å². The molecule has 0 bridgehead atoms. The van der Waals surface area contributed by atoms with Crippen LogP contribution >= 0.6 is 0 Å². The fraction of sp³-hybridized carbons (Fsp3) is 0.667. The van der Waals surface area contributed by atoms with Crippen molar-refractivity contribution in [3.05, 3.63) is 0 Å². The van der Waals surface area contributed by atoms with Gasteiger partial charge < -0.3 is 15.7 Å². The van der Waals surface area contributed by atoms with Crippen LogP contribution in [0.4, 0.5) is 0 Å². The minimum atomic E-state index is -0.896. The molecule has 0 aliphatic heterocycles. The van der Waals surface area contributed by atoms with E-state index in [0.717, 1.165) is 0 Å². The van der Waals surface area contributed by atoms with E-state index in [1.807, 2.05) is 0 Å². The number of amides is 1. The number of carbonyl (C=O) groups excluding carboxylic acids is 1. The molecule has 0 aromatic heterocycles. The van der Waals surface area contributed by atoms with E-state index < -0.39 is 5.97 Å². The quantitative estimate of drug-likeness (QED) is 0.441. The Morgan fingerprint density at radius 3 is 2.45 bits per heavy atom. The van der Waals surface area contributed by atoms with Gasteiger partial charge in [0.25, 0.3) is 0 Å². The fourth-order valence-electron chi connectivity index (χ4n) is 0.522. The first-order valence-corrected chi connectivity index (χ1v) is 3.30. The van der Waals surface area contributed by atoms with Crippen molar-refractivity contribution in [2.45, 2.75) is 6.92 Å². The van der Waals surface area contributed by atoms with Crippen molar-refractivity contribution in [1.82, 2.24) is 10.6 Å². The molecule has 0 rings (SSSR count). The van der Waals surface area contributed by atoms with Crippen molar-refractivity contribution >= 4 is 11.9 Å². The SMILES string of the molecule is CC(=O)NCCNCC(=O)O. The number of hydrogen-bond acceptors (Lipinski definition) is 3. The third-order valence-corrected chi connectivity index (χ3v) is 0.952. The summed E-state index contributed by atoms with van der Waals surface area (Å²) >= 11 is 0. The summed E-state index contributed by atoms with van der Waals surface area (Å²) in [7, 11) is 0. The third-order valence-electron chi connectivity index (χ3n) is 0.952. The molecular weight excluding hydrogens is 148 g/mol. The number of carbonyl (C=O) groups is 2. The van der Waals surface area contributed by atoms with Crippen LogP contribution in [0.25, 0.3) is 0 Å². The second-order valence-electron chi connectivity index (χ2n) is 2.05. The third kappa shape index (κ3) is 8.90. The first kappa shape index (κ1) is 9.90. The van der Waals surface area contributed by atoms with Gasteiger partial charge in [0.1, 0.15) is 0 Å². The molecule has 3 N–H and O–H groups in total.